The highest BCUT2D eigenvalue weighted by molar-refractivity contribution is 8.14. The van der Waals surface area contributed by atoms with Crippen LogP contribution in [0.4, 0.5) is 0 Å². The number of benzene rings is 2. The van der Waals surface area contributed by atoms with Gasteiger partial charge >= 0.3 is 0 Å². The van der Waals surface area contributed by atoms with E-state index < -0.39 is 0 Å². The summed E-state index contributed by atoms with van der Waals surface area (Å²) >= 11 is 1.03. The molecule has 0 saturated carbocycles. The third kappa shape index (κ3) is 7.42. The van der Waals surface area contributed by atoms with Gasteiger partial charge in [0.2, 0.25) is 0 Å². The van der Waals surface area contributed by atoms with Crippen LogP contribution < -0.4 is 4.74 Å². The predicted molar refractivity (Wildman–Crippen MR) is 107 cm³/mol. The van der Waals surface area contributed by atoms with E-state index in [9.17, 15) is 9.59 Å². The molecule has 5 heteroatoms. The van der Waals surface area contributed by atoms with E-state index in [4.69, 9.17) is 4.74 Å². The molecule has 0 aliphatic heterocycles. The highest BCUT2D eigenvalue weighted by Crippen LogP contribution is 2.15. The molecule has 0 unspecified atom stereocenters. The van der Waals surface area contributed by atoms with E-state index in [0.29, 0.717) is 12.2 Å². The van der Waals surface area contributed by atoms with Crippen LogP contribution in [0.25, 0.3) is 0 Å². The third-order valence-corrected chi connectivity index (χ3v) is 4.64. The maximum Gasteiger partial charge on any atom is 0.186 e. The van der Waals surface area contributed by atoms with Crippen molar-refractivity contribution in [3.8, 4) is 5.75 Å². The largest absolute Gasteiger partial charge is 0.494 e. The molecule has 138 valence electrons. The van der Waals surface area contributed by atoms with Gasteiger partial charge in [-0.1, -0.05) is 42.1 Å². The lowest BCUT2D eigenvalue weighted by molar-refractivity contribution is -0.109. The van der Waals surface area contributed by atoms with Crippen LogP contribution in [0.15, 0.2) is 54.6 Å². The van der Waals surface area contributed by atoms with Crippen molar-refractivity contribution in [3.63, 3.8) is 0 Å². The number of ether oxygens (including phenoxy) is 1. The quantitative estimate of drug-likeness (QED) is 0.466. The molecule has 0 atom stereocenters. The first-order chi connectivity index (χ1) is 12.5. The molecule has 0 aliphatic carbocycles. The number of rotatable bonds is 10. The Labute approximate surface area is 159 Å². The fourth-order valence-corrected chi connectivity index (χ4v) is 2.99. The van der Waals surface area contributed by atoms with Gasteiger partial charge in [0.05, 0.1) is 12.4 Å². The molecule has 2 aromatic rings. The summed E-state index contributed by atoms with van der Waals surface area (Å²) in [5, 5.41) is -0.0458. The number of hydrogen-bond acceptors (Lipinski definition) is 5. The summed E-state index contributed by atoms with van der Waals surface area (Å²) in [4.78, 5) is 25.1. The normalized spacial score (nSPS) is 10.7. The summed E-state index contributed by atoms with van der Waals surface area (Å²) in [5.41, 5.74) is 1.91. The lowest BCUT2D eigenvalue weighted by Gasteiger charge is -2.16. The second kappa shape index (κ2) is 10.8. The highest BCUT2D eigenvalue weighted by atomic mass is 32.2. The van der Waals surface area contributed by atoms with Crippen molar-refractivity contribution in [3.05, 3.63) is 65.7 Å². The molecule has 4 nitrogen and oxygen atoms in total. The van der Waals surface area contributed by atoms with Crippen molar-refractivity contribution in [1.29, 1.82) is 0 Å². The molecule has 0 saturated heterocycles. The first-order valence-corrected chi connectivity index (χ1v) is 9.65. The van der Waals surface area contributed by atoms with E-state index in [2.05, 4.69) is 36.2 Å². The number of thioether (sulfide) groups is 1. The summed E-state index contributed by atoms with van der Waals surface area (Å²) in [6.45, 7) is 3.97. The molecular weight excluding hydrogens is 346 g/mol. The summed E-state index contributed by atoms with van der Waals surface area (Å²) in [5.74, 6) is 0.897. The number of ketones is 1. The van der Waals surface area contributed by atoms with E-state index in [1.807, 2.05) is 6.07 Å². The Morgan fingerprint density at radius 2 is 1.73 bits per heavy atom. The molecule has 2 aromatic carbocycles. The van der Waals surface area contributed by atoms with Crippen LogP contribution in [-0.2, 0) is 11.3 Å². The molecule has 0 N–H and O–H groups in total. The molecule has 0 heterocycles. The number of carbonyl (C=O) groups excluding carboxylic acids is 2. The summed E-state index contributed by atoms with van der Waals surface area (Å²) in [7, 11) is 2.10. The average molecular weight is 372 g/mol. The molecule has 0 fully saturated rings. The maximum absolute atomic E-state index is 11.9. The van der Waals surface area contributed by atoms with E-state index >= 15 is 0 Å². The smallest absolute Gasteiger partial charge is 0.186 e. The van der Waals surface area contributed by atoms with Crippen LogP contribution in [0.1, 0.15) is 29.3 Å². The zero-order valence-electron chi connectivity index (χ0n) is 15.3. The predicted octanol–water partition coefficient (Wildman–Crippen LogP) is 4.05. The summed E-state index contributed by atoms with van der Waals surface area (Å²) in [6, 6.07) is 17.5. The molecule has 0 bridgehead atoms. The Balaban J connectivity index is 1.68. The first kappa shape index (κ1) is 20.2. The van der Waals surface area contributed by atoms with Crippen LogP contribution in [-0.4, -0.2) is 41.8 Å². The Bertz CT molecular complexity index is 701. The monoisotopic (exact) mass is 371 g/mol. The molecule has 0 spiro atoms. The third-order valence-electron chi connectivity index (χ3n) is 3.83. The standard InChI is InChI=1S/C21H25NO3S/c1-17(23)26-16-21(24)19-9-11-20(12-10-19)25-14-6-13-22(2)15-18-7-4-3-5-8-18/h3-5,7-12H,6,13-16H2,1-2H3. The Morgan fingerprint density at radius 3 is 2.38 bits per heavy atom. The Morgan fingerprint density at radius 1 is 1.04 bits per heavy atom. The Hall–Kier alpha value is -2.11. The van der Waals surface area contributed by atoms with Gasteiger partial charge in [-0.05, 0) is 43.3 Å². The minimum absolute atomic E-state index is 0.0423. The number of nitrogens with zero attached hydrogens (tertiary/aromatic N) is 1. The summed E-state index contributed by atoms with van der Waals surface area (Å²) in [6.07, 6.45) is 0.930. The van der Waals surface area contributed by atoms with Gasteiger partial charge in [0.25, 0.3) is 0 Å². The zero-order valence-corrected chi connectivity index (χ0v) is 16.1. The SMILES string of the molecule is CC(=O)SCC(=O)c1ccc(OCCCN(C)Cc2ccccc2)cc1. The van der Waals surface area contributed by atoms with Gasteiger partial charge in [-0.3, -0.25) is 9.59 Å². The van der Waals surface area contributed by atoms with Crippen LogP contribution in [0.2, 0.25) is 0 Å². The van der Waals surface area contributed by atoms with Gasteiger partial charge < -0.3 is 9.64 Å². The second-order valence-corrected chi connectivity index (χ2v) is 7.31. The van der Waals surface area contributed by atoms with E-state index in [0.717, 1.165) is 37.0 Å². The molecule has 0 amide bonds. The van der Waals surface area contributed by atoms with Gasteiger partial charge in [-0.15, -0.1) is 0 Å². The molecule has 2 rings (SSSR count). The minimum atomic E-state index is -0.0458. The molecule has 26 heavy (non-hydrogen) atoms. The van der Waals surface area contributed by atoms with Crippen LogP contribution in [0.3, 0.4) is 0 Å². The van der Waals surface area contributed by atoms with Crippen LogP contribution in [0, 0.1) is 0 Å². The molecular formula is C21H25NO3S. The van der Waals surface area contributed by atoms with Gasteiger partial charge in [0, 0.05) is 25.6 Å². The van der Waals surface area contributed by atoms with Crippen molar-refractivity contribution < 1.29 is 14.3 Å². The van der Waals surface area contributed by atoms with Gasteiger partial charge in [-0.2, -0.15) is 0 Å². The van der Waals surface area contributed by atoms with Crippen molar-refractivity contribution in [2.75, 3.05) is 26.0 Å². The lowest BCUT2D eigenvalue weighted by Crippen LogP contribution is -2.20. The van der Waals surface area contributed by atoms with Gasteiger partial charge in [0.15, 0.2) is 10.9 Å². The zero-order chi connectivity index (χ0) is 18.8. The van der Waals surface area contributed by atoms with E-state index in [1.54, 1.807) is 24.3 Å². The number of carbonyl (C=O) groups is 2. The molecule has 0 aromatic heterocycles. The van der Waals surface area contributed by atoms with E-state index in [1.165, 1.54) is 12.5 Å². The van der Waals surface area contributed by atoms with Crippen molar-refractivity contribution in [2.45, 2.75) is 19.9 Å². The highest BCUT2D eigenvalue weighted by Gasteiger charge is 2.08. The lowest BCUT2D eigenvalue weighted by atomic mass is 10.1. The molecule has 0 radical (unpaired) electrons. The number of hydrogen-bond donors (Lipinski definition) is 0. The first-order valence-electron chi connectivity index (χ1n) is 8.66. The fraction of sp³-hybridized carbons (Fsp3) is 0.333. The van der Waals surface area contributed by atoms with Crippen LogP contribution in [0.5, 0.6) is 5.75 Å². The van der Waals surface area contributed by atoms with E-state index in [-0.39, 0.29) is 16.7 Å². The topological polar surface area (TPSA) is 46.6 Å². The minimum Gasteiger partial charge on any atom is -0.494 e. The number of Topliss-reactive ketones (excluding diaryl/α,β-unsaturated/α-hetero) is 1. The van der Waals surface area contributed by atoms with Crippen molar-refractivity contribution in [2.24, 2.45) is 0 Å². The second-order valence-electron chi connectivity index (χ2n) is 6.15. The summed E-state index contributed by atoms with van der Waals surface area (Å²) < 4.78 is 5.74. The maximum atomic E-state index is 11.9. The van der Waals surface area contributed by atoms with Gasteiger partial charge in [0.1, 0.15) is 5.75 Å². The Kier molecular flexibility index (Phi) is 8.38. The average Bonchev–Trinajstić information content (AvgIpc) is 2.64. The molecule has 0 aliphatic rings. The fourth-order valence-electron chi connectivity index (χ4n) is 2.49. The van der Waals surface area contributed by atoms with Crippen molar-refractivity contribution in [1.82, 2.24) is 4.90 Å². The van der Waals surface area contributed by atoms with Crippen molar-refractivity contribution >= 4 is 22.7 Å². The van der Waals surface area contributed by atoms with Crippen LogP contribution >= 0.6 is 11.8 Å². The van der Waals surface area contributed by atoms with Gasteiger partial charge in [-0.25, -0.2) is 0 Å².